The summed E-state index contributed by atoms with van der Waals surface area (Å²) in [5, 5.41) is 0.736. The molecule has 14 heavy (non-hydrogen) atoms. The molecule has 0 spiro atoms. The highest BCUT2D eigenvalue weighted by atomic mass is 35.5. The van der Waals surface area contributed by atoms with E-state index in [4.69, 9.17) is 17.3 Å². The Bertz CT molecular complexity index is 347. The van der Waals surface area contributed by atoms with Gasteiger partial charge in [-0.2, -0.15) is 12.6 Å². The second-order valence-electron chi connectivity index (χ2n) is 3.10. The summed E-state index contributed by atoms with van der Waals surface area (Å²) in [6, 6.07) is 3.81. The Morgan fingerprint density at radius 3 is 2.86 bits per heavy atom. The van der Waals surface area contributed by atoms with Crippen molar-refractivity contribution in [1.82, 2.24) is 0 Å². The summed E-state index contributed by atoms with van der Waals surface area (Å²) in [5.74, 6) is 0.849. The van der Waals surface area contributed by atoms with Crippen LogP contribution in [-0.4, -0.2) is 5.75 Å². The minimum Gasteiger partial charge on any atom is -0.398 e. The van der Waals surface area contributed by atoms with Gasteiger partial charge in [-0.05, 0) is 36.3 Å². The van der Waals surface area contributed by atoms with Crippen LogP contribution in [0.3, 0.4) is 0 Å². The van der Waals surface area contributed by atoms with E-state index in [1.807, 2.05) is 25.1 Å². The van der Waals surface area contributed by atoms with Crippen molar-refractivity contribution in [3.8, 4) is 0 Å². The maximum absolute atomic E-state index is 6.13. The van der Waals surface area contributed by atoms with Crippen LogP contribution in [0.5, 0.6) is 0 Å². The SMILES string of the molecule is Cc1c(N)ccc(C=CCCS)c1Cl. The summed E-state index contributed by atoms with van der Waals surface area (Å²) in [5.41, 5.74) is 8.42. The number of halogens is 1. The van der Waals surface area contributed by atoms with Crippen LogP contribution >= 0.6 is 24.2 Å². The highest BCUT2D eigenvalue weighted by molar-refractivity contribution is 7.80. The molecule has 0 saturated carbocycles. The van der Waals surface area contributed by atoms with Crippen LogP contribution in [0.1, 0.15) is 17.5 Å². The van der Waals surface area contributed by atoms with E-state index in [-0.39, 0.29) is 0 Å². The Morgan fingerprint density at radius 1 is 1.50 bits per heavy atom. The number of allylic oxidation sites excluding steroid dienone is 1. The molecule has 0 unspecified atom stereocenters. The van der Waals surface area contributed by atoms with Crippen molar-refractivity contribution in [2.24, 2.45) is 0 Å². The van der Waals surface area contributed by atoms with E-state index in [0.29, 0.717) is 0 Å². The number of hydrogen-bond acceptors (Lipinski definition) is 2. The molecule has 1 nitrogen and oxygen atoms in total. The first-order chi connectivity index (χ1) is 6.66. The quantitative estimate of drug-likeness (QED) is 0.599. The van der Waals surface area contributed by atoms with Gasteiger partial charge < -0.3 is 5.73 Å². The van der Waals surface area contributed by atoms with Gasteiger partial charge in [0.05, 0.1) is 5.02 Å². The van der Waals surface area contributed by atoms with Crippen molar-refractivity contribution in [2.75, 3.05) is 11.5 Å². The topological polar surface area (TPSA) is 26.0 Å². The first-order valence-corrected chi connectivity index (χ1v) is 5.50. The average molecular weight is 228 g/mol. The molecule has 0 bridgehead atoms. The summed E-state index contributed by atoms with van der Waals surface area (Å²) in [6.45, 7) is 1.92. The lowest BCUT2D eigenvalue weighted by molar-refractivity contribution is 1.26. The van der Waals surface area contributed by atoms with E-state index in [2.05, 4.69) is 18.7 Å². The Balaban J connectivity index is 2.94. The molecule has 1 aromatic carbocycles. The minimum absolute atomic E-state index is 0.736. The van der Waals surface area contributed by atoms with Crippen molar-refractivity contribution in [3.05, 3.63) is 34.4 Å². The Kier molecular flexibility index (Phi) is 4.36. The minimum atomic E-state index is 0.736. The van der Waals surface area contributed by atoms with Crippen molar-refractivity contribution in [2.45, 2.75) is 13.3 Å². The van der Waals surface area contributed by atoms with E-state index in [0.717, 1.165) is 34.0 Å². The number of rotatable bonds is 3. The first-order valence-electron chi connectivity index (χ1n) is 4.48. The summed E-state index contributed by atoms with van der Waals surface area (Å²) >= 11 is 10.3. The summed E-state index contributed by atoms with van der Waals surface area (Å²) in [6.07, 6.45) is 5.01. The molecule has 3 heteroatoms. The van der Waals surface area contributed by atoms with Crippen LogP contribution < -0.4 is 5.73 Å². The highest BCUT2D eigenvalue weighted by Crippen LogP contribution is 2.26. The van der Waals surface area contributed by atoms with Gasteiger partial charge in [-0.25, -0.2) is 0 Å². The zero-order valence-electron chi connectivity index (χ0n) is 8.13. The normalized spacial score (nSPS) is 11.1. The van der Waals surface area contributed by atoms with Gasteiger partial charge in [0.2, 0.25) is 0 Å². The van der Waals surface area contributed by atoms with Gasteiger partial charge in [0.25, 0.3) is 0 Å². The first kappa shape index (κ1) is 11.5. The molecule has 0 aliphatic heterocycles. The van der Waals surface area contributed by atoms with Gasteiger partial charge in [-0.15, -0.1) is 0 Å². The smallest absolute Gasteiger partial charge is 0.0527 e. The standard InChI is InChI=1S/C11H14ClNS/c1-8-10(13)6-5-9(11(8)12)4-2-3-7-14/h2,4-6,14H,3,7,13H2,1H3. The van der Waals surface area contributed by atoms with E-state index in [1.54, 1.807) is 0 Å². The molecule has 0 aromatic heterocycles. The van der Waals surface area contributed by atoms with E-state index in [9.17, 15) is 0 Å². The molecule has 0 aliphatic rings. The van der Waals surface area contributed by atoms with E-state index >= 15 is 0 Å². The number of benzene rings is 1. The Morgan fingerprint density at radius 2 is 2.21 bits per heavy atom. The zero-order chi connectivity index (χ0) is 10.6. The summed E-state index contributed by atoms with van der Waals surface area (Å²) in [4.78, 5) is 0. The summed E-state index contributed by atoms with van der Waals surface area (Å²) < 4.78 is 0. The zero-order valence-corrected chi connectivity index (χ0v) is 9.78. The third kappa shape index (κ3) is 2.69. The molecule has 0 atom stereocenters. The molecular weight excluding hydrogens is 214 g/mol. The second-order valence-corrected chi connectivity index (χ2v) is 3.92. The number of thiol groups is 1. The fraction of sp³-hybridized carbons (Fsp3) is 0.273. The number of nitrogens with two attached hydrogens (primary N) is 1. The second kappa shape index (κ2) is 5.32. The van der Waals surface area contributed by atoms with Crippen LogP contribution in [-0.2, 0) is 0 Å². The number of hydrogen-bond donors (Lipinski definition) is 2. The largest absolute Gasteiger partial charge is 0.398 e. The van der Waals surface area contributed by atoms with Gasteiger partial charge in [0.15, 0.2) is 0 Å². The predicted octanol–water partition coefficient (Wildman–Crippen LogP) is 3.56. The highest BCUT2D eigenvalue weighted by Gasteiger charge is 2.02. The van der Waals surface area contributed by atoms with Crippen molar-refractivity contribution < 1.29 is 0 Å². The molecule has 76 valence electrons. The average Bonchev–Trinajstić information content (AvgIpc) is 2.18. The van der Waals surface area contributed by atoms with Crippen molar-refractivity contribution in [3.63, 3.8) is 0 Å². The van der Waals surface area contributed by atoms with E-state index < -0.39 is 0 Å². The molecule has 0 amide bonds. The van der Waals surface area contributed by atoms with Crippen LogP contribution in [0.25, 0.3) is 6.08 Å². The van der Waals surface area contributed by atoms with Gasteiger partial charge in [-0.3, -0.25) is 0 Å². The molecule has 0 heterocycles. The van der Waals surface area contributed by atoms with Crippen molar-refractivity contribution in [1.29, 1.82) is 0 Å². The number of nitrogen functional groups attached to an aromatic ring is 1. The van der Waals surface area contributed by atoms with Gasteiger partial charge in [0, 0.05) is 5.69 Å². The molecule has 1 aromatic rings. The predicted molar refractivity (Wildman–Crippen MR) is 68.1 cm³/mol. The van der Waals surface area contributed by atoms with Crippen LogP contribution in [0.2, 0.25) is 5.02 Å². The van der Waals surface area contributed by atoms with Crippen LogP contribution in [0.15, 0.2) is 18.2 Å². The molecule has 0 fully saturated rings. The molecule has 0 radical (unpaired) electrons. The van der Waals surface area contributed by atoms with Gasteiger partial charge in [-0.1, -0.05) is 29.8 Å². The lowest BCUT2D eigenvalue weighted by Gasteiger charge is -2.05. The van der Waals surface area contributed by atoms with Crippen LogP contribution in [0.4, 0.5) is 5.69 Å². The fourth-order valence-corrected chi connectivity index (χ4v) is 1.52. The molecule has 1 rings (SSSR count). The molecule has 0 saturated heterocycles. The van der Waals surface area contributed by atoms with E-state index in [1.165, 1.54) is 0 Å². The lowest BCUT2D eigenvalue weighted by Crippen LogP contribution is -1.91. The Hall–Kier alpha value is -0.600. The van der Waals surface area contributed by atoms with Gasteiger partial charge >= 0.3 is 0 Å². The third-order valence-electron chi connectivity index (χ3n) is 2.05. The van der Waals surface area contributed by atoms with Gasteiger partial charge in [0.1, 0.15) is 0 Å². The molecule has 0 aliphatic carbocycles. The summed E-state index contributed by atoms with van der Waals surface area (Å²) in [7, 11) is 0. The number of anilines is 1. The monoisotopic (exact) mass is 227 g/mol. The molecule has 2 N–H and O–H groups in total. The maximum atomic E-state index is 6.13. The fourth-order valence-electron chi connectivity index (χ4n) is 1.13. The molecular formula is C11H14ClNS. The lowest BCUT2D eigenvalue weighted by atomic mass is 10.1. The Labute approximate surface area is 95.4 Å². The maximum Gasteiger partial charge on any atom is 0.0527 e. The third-order valence-corrected chi connectivity index (χ3v) is 2.81. The van der Waals surface area contributed by atoms with Crippen molar-refractivity contribution >= 4 is 36.0 Å². The van der Waals surface area contributed by atoms with Crippen LogP contribution in [0, 0.1) is 6.92 Å².